The summed E-state index contributed by atoms with van der Waals surface area (Å²) >= 11 is 5.91. The van der Waals surface area contributed by atoms with Crippen LogP contribution in [0.25, 0.3) is 0 Å². The van der Waals surface area contributed by atoms with Gasteiger partial charge in [-0.05, 0) is 43.9 Å². The fraction of sp³-hybridized carbons (Fsp3) is 0.353. The molecule has 1 aromatic heterocycles. The van der Waals surface area contributed by atoms with E-state index in [0.717, 1.165) is 25.7 Å². The lowest BCUT2D eigenvalue weighted by atomic mass is 9.93. The van der Waals surface area contributed by atoms with Crippen LogP contribution in [0.3, 0.4) is 0 Å². The lowest BCUT2D eigenvalue weighted by Gasteiger charge is -2.29. The number of carbonyl (C=O) groups is 1. The Morgan fingerprint density at radius 2 is 2.04 bits per heavy atom. The van der Waals surface area contributed by atoms with Crippen LogP contribution in [0.2, 0.25) is 5.02 Å². The predicted molar refractivity (Wildman–Crippen MR) is 92.3 cm³/mol. The summed E-state index contributed by atoms with van der Waals surface area (Å²) < 4.78 is 5.80. The van der Waals surface area contributed by atoms with Crippen LogP contribution < -0.4 is 15.4 Å². The largest absolute Gasteiger partial charge is 0.473 e. The lowest BCUT2D eigenvalue weighted by molar-refractivity contribution is 0.135. The maximum Gasteiger partial charge on any atom is 0.319 e. The zero-order chi connectivity index (χ0) is 16.8. The maximum absolute atomic E-state index is 12.0. The number of urea groups is 1. The number of hydrogen-bond acceptors (Lipinski definition) is 4. The van der Waals surface area contributed by atoms with Gasteiger partial charge in [0.15, 0.2) is 0 Å². The number of hydrogen-bond donors (Lipinski definition) is 2. The van der Waals surface area contributed by atoms with Gasteiger partial charge >= 0.3 is 6.03 Å². The lowest BCUT2D eigenvalue weighted by Crippen LogP contribution is -2.41. The third-order valence-corrected chi connectivity index (χ3v) is 4.15. The van der Waals surface area contributed by atoms with E-state index in [-0.39, 0.29) is 18.2 Å². The van der Waals surface area contributed by atoms with Gasteiger partial charge in [-0.1, -0.05) is 17.7 Å². The number of carbonyl (C=O) groups excluding carboxylic acids is 1. The number of aromatic nitrogens is 2. The molecule has 7 heteroatoms. The van der Waals surface area contributed by atoms with Crippen molar-refractivity contribution in [3.63, 3.8) is 0 Å². The third kappa shape index (κ3) is 4.83. The number of halogens is 1. The van der Waals surface area contributed by atoms with Gasteiger partial charge in [0.05, 0.1) is 6.20 Å². The van der Waals surface area contributed by atoms with E-state index >= 15 is 0 Å². The van der Waals surface area contributed by atoms with Crippen LogP contribution in [0, 0.1) is 0 Å². The Labute approximate surface area is 145 Å². The van der Waals surface area contributed by atoms with E-state index in [0.29, 0.717) is 16.6 Å². The monoisotopic (exact) mass is 346 g/mol. The number of rotatable bonds is 4. The summed E-state index contributed by atoms with van der Waals surface area (Å²) in [5.74, 6) is 0.549. The van der Waals surface area contributed by atoms with E-state index in [2.05, 4.69) is 20.6 Å². The number of anilines is 1. The van der Waals surface area contributed by atoms with Crippen molar-refractivity contribution in [1.29, 1.82) is 0 Å². The minimum Gasteiger partial charge on any atom is -0.473 e. The van der Waals surface area contributed by atoms with Crippen molar-refractivity contribution in [3.8, 4) is 5.88 Å². The first-order valence-electron chi connectivity index (χ1n) is 7.95. The summed E-state index contributed by atoms with van der Waals surface area (Å²) in [5.41, 5.74) is 0.680. The average molecular weight is 347 g/mol. The van der Waals surface area contributed by atoms with Gasteiger partial charge in [0, 0.05) is 29.1 Å². The van der Waals surface area contributed by atoms with Crippen LogP contribution in [0.1, 0.15) is 25.7 Å². The SMILES string of the molecule is O=C(Nc1cccc(Cl)c1)NC1CCC(Oc2cnccn2)CC1. The molecule has 0 spiro atoms. The number of nitrogens with zero attached hydrogens (tertiary/aromatic N) is 2. The third-order valence-electron chi connectivity index (χ3n) is 3.92. The topological polar surface area (TPSA) is 76.1 Å². The van der Waals surface area contributed by atoms with Crippen molar-refractivity contribution in [1.82, 2.24) is 15.3 Å². The van der Waals surface area contributed by atoms with E-state index in [4.69, 9.17) is 16.3 Å². The Kier molecular flexibility index (Phi) is 5.48. The molecule has 0 radical (unpaired) electrons. The van der Waals surface area contributed by atoms with Gasteiger partial charge < -0.3 is 15.4 Å². The van der Waals surface area contributed by atoms with E-state index in [1.54, 1.807) is 42.9 Å². The predicted octanol–water partition coefficient (Wildman–Crippen LogP) is 3.64. The summed E-state index contributed by atoms with van der Waals surface area (Å²) in [7, 11) is 0. The zero-order valence-electron chi connectivity index (χ0n) is 13.1. The molecular formula is C17H19ClN4O2. The summed E-state index contributed by atoms with van der Waals surface area (Å²) in [5, 5.41) is 6.38. The first-order chi connectivity index (χ1) is 11.7. The van der Waals surface area contributed by atoms with Crippen molar-refractivity contribution in [2.75, 3.05) is 5.32 Å². The second kappa shape index (κ2) is 7.97. The maximum atomic E-state index is 12.0. The molecule has 1 heterocycles. The minimum atomic E-state index is -0.212. The van der Waals surface area contributed by atoms with Crippen LogP contribution >= 0.6 is 11.6 Å². The fourth-order valence-corrected chi connectivity index (χ4v) is 2.95. The van der Waals surface area contributed by atoms with Crippen LogP contribution in [0.5, 0.6) is 5.88 Å². The average Bonchev–Trinajstić information content (AvgIpc) is 2.57. The Balaban J connectivity index is 1.42. The molecular weight excluding hydrogens is 328 g/mol. The van der Waals surface area contributed by atoms with Gasteiger partial charge in [0.2, 0.25) is 5.88 Å². The second-order valence-electron chi connectivity index (χ2n) is 5.74. The van der Waals surface area contributed by atoms with E-state index in [9.17, 15) is 4.79 Å². The highest BCUT2D eigenvalue weighted by atomic mass is 35.5. The number of ether oxygens (including phenoxy) is 1. The van der Waals surface area contributed by atoms with E-state index in [1.807, 2.05) is 0 Å². The van der Waals surface area contributed by atoms with Crippen LogP contribution in [0.4, 0.5) is 10.5 Å². The molecule has 1 aliphatic rings. The second-order valence-corrected chi connectivity index (χ2v) is 6.18. The molecule has 0 saturated heterocycles. The van der Waals surface area contributed by atoms with Crippen LogP contribution in [0.15, 0.2) is 42.9 Å². The van der Waals surface area contributed by atoms with Crippen molar-refractivity contribution in [2.45, 2.75) is 37.8 Å². The summed E-state index contributed by atoms with van der Waals surface area (Å²) in [6, 6.07) is 7.02. The molecule has 3 rings (SSSR count). The molecule has 126 valence electrons. The van der Waals surface area contributed by atoms with E-state index in [1.165, 1.54) is 0 Å². The Hall–Kier alpha value is -2.34. The van der Waals surface area contributed by atoms with Crippen molar-refractivity contribution in [2.24, 2.45) is 0 Å². The molecule has 24 heavy (non-hydrogen) atoms. The normalized spacial score (nSPS) is 20.2. The quantitative estimate of drug-likeness (QED) is 0.886. The number of amides is 2. The minimum absolute atomic E-state index is 0.121. The molecule has 2 amide bonds. The molecule has 6 nitrogen and oxygen atoms in total. The van der Waals surface area contributed by atoms with Crippen molar-refractivity contribution >= 4 is 23.3 Å². The van der Waals surface area contributed by atoms with Crippen LogP contribution in [-0.2, 0) is 0 Å². The van der Waals surface area contributed by atoms with Gasteiger partial charge in [-0.2, -0.15) is 0 Å². The first-order valence-corrected chi connectivity index (χ1v) is 8.32. The molecule has 0 bridgehead atoms. The zero-order valence-corrected chi connectivity index (χ0v) is 13.9. The molecule has 0 unspecified atom stereocenters. The van der Waals surface area contributed by atoms with Gasteiger partial charge in [-0.3, -0.25) is 4.98 Å². The molecule has 2 aromatic rings. The van der Waals surface area contributed by atoms with Gasteiger partial charge in [-0.25, -0.2) is 9.78 Å². The fourth-order valence-electron chi connectivity index (χ4n) is 2.76. The Morgan fingerprint density at radius 1 is 1.21 bits per heavy atom. The Morgan fingerprint density at radius 3 is 2.75 bits per heavy atom. The highest BCUT2D eigenvalue weighted by Crippen LogP contribution is 2.22. The smallest absolute Gasteiger partial charge is 0.319 e. The Bertz CT molecular complexity index is 675. The van der Waals surface area contributed by atoms with Gasteiger partial charge in [-0.15, -0.1) is 0 Å². The van der Waals surface area contributed by atoms with E-state index < -0.39 is 0 Å². The number of nitrogens with one attached hydrogen (secondary N) is 2. The number of benzene rings is 1. The molecule has 1 fully saturated rings. The van der Waals surface area contributed by atoms with Crippen molar-refractivity contribution < 1.29 is 9.53 Å². The standard InChI is InChI=1S/C17H19ClN4O2/c18-12-2-1-3-14(10-12)22-17(23)21-13-4-6-15(7-5-13)24-16-11-19-8-9-20-16/h1-3,8-11,13,15H,4-7H2,(H2,21,22,23). The molecule has 2 N–H and O–H groups in total. The van der Waals surface area contributed by atoms with Gasteiger partial charge in [0.25, 0.3) is 0 Å². The summed E-state index contributed by atoms with van der Waals surface area (Å²) in [6.07, 6.45) is 8.45. The highest BCUT2D eigenvalue weighted by Gasteiger charge is 2.24. The van der Waals surface area contributed by atoms with Crippen molar-refractivity contribution in [3.05, 3.63) is 47.9 Å². The summed E-state index contributed by atoms with van der Waals surface area (Å²) in [4.78, 5) is 20.2. The first kappa shape index (κ1) is 16.5. The highest BCUT2D eigenvalue weighted by molar-refractivity contribution is 6.30. The van der Waals surface area contributed by atoms with Gasteiger partial charge in [0.1, 0.15) is 6.10 Å². The summed E-state index contributed by atoms with van der Waals surface area (Å²) in [6.45, 7) is 0. The molecule has 1 aliphatic carbocycles. The molecule has 1 aromatic carbocycles. The molecule has 0 aliphatic heterocycles. The molecule has 0 atom stereocenters. The van der Waals surface area contributed by atoms with Crippen LogP contribution in [-0.4, -0.2) is 28.1 Å². The molecule has 1 saturated carbocycles.